The zero-order valence-corrected chi connectivity index (χ0v) is 6.85. The lowest BCUT2D eigenvalue weighted by atomic mass is 10.7. The second-order valence-corrected chi connectivity index (χ2v) is 1.78. The van der Waals surface area contributed by atoms with Crippen molar-refractivity contribution in [3.63, 3.8) is 0 Å². The Bertz CT molecular complexity index is 108. The molecule has 0 saturated heterocycles. The Kier molecular flexibility index (Phi) is 6.76. The minimum absolute atomic E-state index is 0.344. The van der Waals surface area contributed by atoms with E-state index in [-0.39, 0.29) is 6.03 Å². The second kappa shape index (κ2) is 7.30. The van der Waals surface area contributed by atoms with E-state index < -0.39 is 0 Å². The standard InChI is InChI=1S/C6H14N2O3/c1-3-11-8-6(9)7-4-5-10-2/h3-5H2,1-2H3,(H2,7,8,9). The van der Waals surface area contributed by atoms with Gasteiger partial charge in [0.15, 0.2) is 0 Å². The Labute approximate surface area is 66.0 Å². The Morgan fingerprint density at radius 2 is 2.27 bits per heavy atom. The molecule has 2 amide bonds. The van der Waals surface area contributed by atoms with Crippen molar-refractivity contribution >= 4 is 6.03 Å². The van der Waals surface area contributed by atoms with Crippen LogP contribution in [-0.2, 0) is 9.57 Å². The highest BCUT2D eigenvalue weighted by atomic mass is 16.7. The molecule has 0 aromatic rings. The van der Waals surface area contributed by atoms with E-state index >= 15 is 0 Å². The van der Waals surface area contributed by atoms with E-state index in [2.05, 4.69) is 15.6 Å². The third kappa shape index (κ3) is 7.08. The zero-order chi connectivity index (χ0) is 8.53. The molecule has 0 aliphatic carbocycles. The van der Waals surface area contributed by atoms with Gasteiger partial charge in [-0.2, -0.15) is 0 Å². The van der Waals surface area contributed by atoms with Gasteiger partial charge in [-0.25, -0.2) is 10.3 Å². The number of hydrogen-bond acceptors (Lipinski definition) is 3. The molecule has 0 heterocycles. The molecule has 0 fully saturated rings. The van der Waals surface area contributed by atoms with Crippen LogP contribution in [0, 0.1) is 0 Å². The van der Waals surface area contributed by atoms with Crippen LogP contribution in [0.3, 0.4) is 0 Å². The average Bonchev–Trinajstić information content (AvgIpc) is 2.01. The SMILES string of the molecule is CCONC(=O)NCCOC. The van der Waals surface area contributed by atoms with E-state index in [1.54, 1.807) is 14.0 Å². The molecule has 0 atom stereocenters. The number of methoxy groups -OCH3 is 1. The third-order valence-corrected chi connectivity index (χ3v) is 0.901. The van der Waals surface area contributed by atoms with E-state index in [0.717, 1.165) is 0 Å². The van der Waals surface area contributed by atoms with Gasteiger partial charge in [-0.15, -0.1) is 0 Å². The van der Waals surface area contributed by atoms with Gasteiger partial charge in [-0.1, -0.05) is 0 Å². The summed E-state index contributed by atoms with van der Waals surface area (Å²) in [7, 11) is 1.57. The van der Waals surface area contributed by atoms with Crippen molar-refractivity contribution in [1.29, 1.82) is 0 Å². The van der Waals surface area contributed by atoms with E-state index in [1.165, 1.54) is 0 Å². The van der Waals surface area contributed by atoms with Crippen LogP contribution in [0.2, 0.25) is 0 Å². The Morgan fingerprint density at radius 1 is 1.55 bits per heavy atom. The van der Waals surface area contributed by atoms with E-state index in [4.69, 9.17) is 4.74 Å². The summed E-state index contributed by atoms with van der Waals surface area (Å²) in [4.78, 5) is 15.3. The highest BCUT2D eigenvalue weighted by molar-refractivity contribution is 5.72. The lowest BCUT2D eigenvalue weighted by Crippen LogP contribution is -2.37. The van der Waals surface area contributed by atoms with Gasteiger partial charge in [0, 0.05) is 13.7 Å². The quantitative estimate of drug-likeness (QED) is 0.438. The summed E-state index contributed by atoms with van der Waals surface area (Å²) in [5.74, 6) is 0. The number of rotatable bonds is 5. The minimum Gasteiger partial charge on any atom is -0.383 e. The van der Waals surface area contributed by atoms with E-state index in [1.807, 2.05) is 0 Å². The fraction of sp³-hybridized carbons (Fsp3) is 0.833. The van der Waals surface area contributed by atoms with Crippen LogP contribution < -0.4 is 10.8 Å². The third-order valence-electron chi connectivity index (χ3n) is 0.901. The van der Waals surface area contributed by atoms with Crippen molar-refractivity contribution in [3.05, 3.63) is 0 Å². The van der Waals surface area contributed by atoms with Crippen molar-refractivity contribution in [2.75, 3.05) is 26.9 Å². The minimum atomic E-state index is -0.344. The fourth-order valence-electron chi connectivity index (χ4n) is 0.440. The lowest BCUT2D eigenvalue weighted by molar-refractivity contribution is 0.0698. The van der Waals surface area contributed by atoms with Crippen LogP contribution in [0.15, 0.2) is 0 Å². The maximum Gasteiger partial charge on any atom is 0.338 e. The Hall–Kier alpha value is -0.810. The molecule has 0 radical (unpaired) electrons. The molecule has 0 unspecified atom stereocenters. The van der Waals surface area contributed by atoms with Crippen molar-refractivity contribution in [2.45, 2.75) is 6.92 Å². The number of hydroxylamine groups is 1. The summed E-state index contributed by atoms with van der Waals surface area (Å²) in [6, 6.07) is -0.344. The van der Waals surface area contributed by atoms with Gasteiger partial charge in [0.1, 0.15) is 0 Å². The molecule has 0 bridgehead atoms. The maximum atomic E-state index is 10.7. The van der Waals surface area contributed by atoms with Crippen LogP contribution in [0.1, 0.15) is 6.92 Å². The first-order valence-electron chi connectivity index (χ1n) is 3.45. The molecule has 0 saturated carbocycles. The van der Waals surface area contributed by atoms with E-state index in [0.29, 0.717) is 19.8 Å². The summed E-state index contributed by atoms with van der Waals surface area (Å²) in [6.07, 6.45) is 0. The monoisotopic (exact) mass is 162 g/mol. The highest BCUT2D eigenvalue weighted by Crippen LogP contribution is 1.68. The van der Waals surface area contributed by atoms with Crippen molar-refractivity contribution in [3.8, 4) is 0 Å². The summed E-state index contributed by atoms with van der Waals surface area (Å²) in [6.45, 7) is 3.22. The zero-order valence-electron chi connectivity index (χ0n) is 6.85. The predicted molar refractivity (Wildman–Crippen MR) is 40.0 cm³/mol. The summed E-state index contributed by atoms with van der Waals surface area (Å²) in [5.41, 5.74) is 2.19. The summed E-state index contributed by atoms with van der Waals surface area (Å²) < 4.78 is 4.71. The van der Waals surface area contributed by atoms with Crippen LogP contribution in [0.25, 0.3) is 0 Å². The molecule has 0 aromatic carbocycles. The van der Waals surface area contributed by atoms with Crippen LogP contribution in [0.4, 0.5) is 4.79 Å². The van der Waals surface area contributed by atoms with Gasteiger partial charge in [0.25, 0.3) is 0 Å². The number of ether oxygens (including phenoxy) is 1. The molecule has 5 heteroatoms. The first-order valence-corrected chi connectivity index (χ1v) is 3.45. The molecule has 0 aliphatic rings. The number of amides is 2. The van der Waals surface area contributed by atoms with Gasteiger partial charge in [0.05, 0.1) is 13.2 Å². The average molecular weight is 162 g/mol. The maximum absolute atomic E-state index is 10.7. The van der Waals surface area contributed by atoms with Crippen molar-refractivity contribution in [2.24, 2.45) is 0 Å². The molecule has 0 rings (SSSR count). The van der Waals surface area contributed by atoms with Gasteiger partial charge < -0.3 is 10.1 Å². The van der Waals surface area contributed by atoms with Gasteiger partial charge in [-0.3, -0.25) is 4.84 Å². The van der Waals surface area contributed by atoms with Crippen molar-refractivity contribution < 1.29 is 14.4 Å². The first kappa shape index (κ1) is 10.2. The molecular weight excluding hydrogens is 148 g/mol. The molecule has 0 spiro atoms. The molecule has 5 nitrogen and oxygen atoms in total. The predicted octanol–water partition coefficient (Wildman–Crippen LogP) is -0.116. The molecule has 0 aliphatic heterocycles. The molecule has 66 valence electrons. The first-order chi connectivity index (χ1) is 5.31. The number of urea groups is 1. The molecule has 2 N–H and O–H groups in total. The Balaban J connectivity index is 3.09. The smallest absolute Gasteiger partial charge is 0.338 e. The van der Waals surface area contributed by atoms with Crippen LogP contribution in [-0.4, -0.2) is 32.9 Å². The second-order valence-electron chi connectivity index (χ2n) is 1.78. The van der Waals surface area contributed by atoms with Gasteiger partial charge >= 0.3 is 6.03 Å². The molecule has 0 aromatic heterocycles. The topological polar surface area (TPSA) is 59.6 Å². The number of nitrogens with one attached hydrogen (secondary N) is 2. The molecule has 11 heavy (non-hydrogen) atoms. The summed E-state index contributed by atoms with van der Waals surface area (Å²) >= 11 is 0. The largest absolute Gasteiger partial charge is 0.383 e. The number of hydrogen-bond donors (Lipinski definition) is 2. The number of carbonyl (C=O) groups is 1. The molecular formula is C6H14N2O3. The van der Waals surface area contributed by atoms with Gasteiger partial charge in [-0.05, 0) is 6.92 Å². The van der Waals surface area contributed by atoms with Gasteiger partial charge in [0.2, 0.25) is 0 Å². The highest BCUT2D eigenvalue weighted by Gasteiger charge is 1.95. The lowest BCUT2D eigenvalue weighted by Gasteiger charge is -2.04. The normalized spacial score (nSPS) is 9.27. The summed E-state index contributed by atoms with van der Waals surface area (Å²) in [5, 5.41) is 2.52. The van der Waals surface area contributed by atoms with Crippen molar-refractivity contribution in [1.82, 2.24) is 10.8 Å². The van der Waals surface area contributed by atoms with Crippen LogP contribution >= 0.6 is 0 Å². The number of carbonyl (C=O) groups excluding carboxylic acids is 1. The van der Waals surface area contributed by atoms with E-state index in [9.17, 15) is 4.79 Å². The Morgan fingerprint density at radius 3 is 2.82 bits per heavy atom. The van der Waals surface area contributed by atoms with Crippen LogP contribution in [0.5, 0.6) is 0 Å². The fourth-order valence-corrected chi connectivity index (χ4v) is 0.440.